The molecule has 3 saturated carbocycles. The van der Waals surface area contributed by atoms with Gasteiger partial charge in [0.1, 0.15) is 0 Å². The molecule has 0 saturated heterocycles. The van der Waals surface area contributed by atoms with Gasteiger partial charge in [0, 0.05) is 15.5 Å². The van der Waals surface area contributed by atoms with E-state index in [1.165, 1.54) is 72.6 Å². The first kappa shape index (κ1) is 12.3. The molecule has 1 aromatic heterocycles. The van der Waals surface area contributed by atoms with E-state index in [1.54, 1.807) is 0 Å². The van der Waals surface area contributed by atoms with Gasteiger partial charge in [-0.2, -0.15) is 0 Å². The van der Waals surface area contributed by atoms with Gasteiger partial charge in [-0.05, 0) is 49.9 Å². The maximum absolute atomic E-state index is 11.9. The summed E-state index contributed by atoms with van der Waals surface area (Å²) in [4.78, 5) is 16.7. The number of aromatic nitrogens is 1. The van der Waals surface area contributed by atoms with Gasteiger partial charge in [-0.15, -0.1) is 11.8 Å². The van der Waals surface area contributed by atoms with E-state index >= 15 is 0 Å². The molecule has 4 heteroatoms. The fourth-order valence-corrected chi connectivity index (χ4v) is 9.09. The van der Waals surface area contributed by atoms with Crippen molar-refractivity contribution in [3.8, 4) is 0 Å². The minimum atomic E-state index is 0.180. The summed E-state index contributed by atoms with van der Waals surface area (Å²) in [6.45, 7) is 0. The van der Waals surface area contributed by atoms with E-state index in [4.69, 9.17) is 0 Å². The Morgan fingerprint density at radius 1 is 1.10 bits per heavy atom. The smallest absolute Gasteiger partial charge is 0.305 e. The first-order chi connectivity index (χ1) is 9.78. The molecule has 2 bridgehead atoms. The van der Waals surface area contributed by atoms with Crippen LogP contribution in [0.3, 0.4) is 0 Å². The highest BCUT2D eigenvalue weighted by Crippen LogP contribution is 2.67. The number of rotatable bonds is 0. The predicted octanol–water partition coefficient (Wildman–Crippen LogP) is 4.16. The molecule has 1 N–H and O–H groups in total. The van der Waals surface area contributed by atoms with Crippen LogP contribution in [0.25, 0.3) is 0 Å². The van der Waals surface area contributed by atoms with Gasteiger partial charge in [-0.3, -0.25) is 4.79 Å². The second kappa shape index (κ2) is 4.16. The first-order valence-corrected chi connectivity index (χ1v) is 9.88. The van der Waals surface area contributed by atoms with Crippen LogP contribution in [0.1, 0.15) is 56.2 Å². The summed E-state index contributed by atoms with van der Waals surface area (Å²) < 4.78 is 0. The summed E-state index contributed by atoms with van der Waals surface area (Å²) >= 11 is 3.57. The topological polar surface area (TPSA) is 32.9 Å². The van der Waals surface area contributed by atoms with E-state index in [-0.39, 0.29) is 4.87 Å². The zero-order chi connectivity index (χ0) is 13.3. The lowest BCUT2D eigenvalue weighted by Gasteiger charge is -2.51. The number of hydrogen-bond acceptors (Lipinski definition) is 3. The fraction of sp³-hybridized carbons (Fsp3) is 0.812. The molecule has 1 aliphatic heterocycles. The first-order valence-electron chi connectivity index (χ1n) is 8.18. The monoisotopic (exact) mass is 307 g/mol. The van der Waals surface area contributed by atoms with Crippen molar-refractivity contribution >= 4 is 23.1 Å². The molecule has 2 nitrogen and oxygen atoms in total. The summed E-state index contributed by atoms with van der Waals surface area (Å²) in [6, 6.07) is 0. The highest BCUT2D eigenvalue weighted by molar-refractivity contribution is 8.00. The van der Waals surface area contributed by atoms with E-state index in [9.17, 15) is 4.79 Å². The number of H-pyrrole nitrogens is 1. The fourth-order valence-electron chi connectivity index (χ4n) is 5.93. The third kappa shape index (κ3) is 1.45. The van der Waals surface area contributed by atoms with Gasteiger partial charge in [-0.25, -0.2) is 0 Å². The highest BCUT2D eigenvalue weighted by atomic mass is 32.2. The number of hydrogen-bond donors (Lipinski definition) is 1. The van der Waals surface area contributed by atoms with Gasteiger partial charge in [0.2, 0.25) is 0 Å². The Kier molecular flexibility index (Phi) is 2.57. The predicted molar refractivity (Wildman–Crippen MR) is 83.7 cm³/mol. The van der Waals surface area contributed by atoms with Crippen LogP contribution in [-0.2, 0) is 5.41 Å². The van der Waals surface area contributed by atoms with E-state index in [0.717, 1.165) is 23.0 Å². The maximum atomic E-state index is 11.9. The third-order valence-corrected chi connectivity index (χ3v) is 9.27. The van der Waals surface area contributed by atoms with E-state index < -0.39 is 0 Å². The molecule has 3 aliphatic carbocycles. The molecule has 5 rings (SSSR count). The molecule has 1 aromatic rings. The number of aromatic amines is 1. The van der Waals surface area contributed by atoms with Gasteiger partial charge >= 0.3 is 4.87 Å². The largest absolute Gasteiger partial charge is 0.307 e. The number of nitrogens with one attached hydrogen (secondary N) is 1. The van der Waals surface area contributed by atoms with Crippen LogP contribution >= 0.6 is 23.1 Å². The standard InChI is InChI=1S/C16H21NOS2/c18-15-17-14-13(20-15)16(6-2-1-3-7-16)11-9-4-5-10(8-9)12(11)19-14/h9-12H,1-8H2,(H,17,18)/t9-,10+,11-,12-/m1/s1. The second-order valence-corrected chi connectivity index (χ2v) is 9.50. The van der Waals surface area contributed by atoms with E-state index in [1.807, 2.05) is 11.8 Å². The SMILES string of the molecule is O=c1[nH]c2c(s1)C1(CCCCC1)[C@@H]1[C@@H]3CC[C@@H](C3)[C@H]1S2. The van der Waals surface area contributed by atoms with Crippen molar-refractivity contribution in [2.45, 2.75) is 67.1 Å². The van der Waals surface area contributed by atoms with Crippen molar-refractivity contribution in [1.82, 2.24) is 4.98 Å². The van der Waals surface area contributed by atoms with Gasteiger partial charge < -0.3 is 4.98 Å². The van der Waals surface area contributed by atoms with Crippen LogP contribution in [0, 0.1) is 17.8 Å². The minimum Gasteiger partial charge on any atom is -0.307 e. The Morgan fingerprint density at radius 3 is 2.75 bits per heavy atom. The summed E-state index contributed by atoms with van der Waals surface area (Å²) in [5, 5.41) is 2.07. The van der Waals surface area contributed by atoms with Crippen LogP contribution in [0.15, 0.2) is 9.82 Å². The normalized spacial score (nSPS) is 40.8. The molecule has 108 valence electrons. The zero-order valence-electron chi connectivity index (χ0n) is 11.7. The van der Waals surface area contributed by atoms with Crippen LogP contribution in [0.2, 0.25) is 0 Å². The molecule has 3 fully saturated rings. The molecule has 0 radical (unpaired) electrons. The molecule has 2 heterocycles. The van der Waals surface area contributed by atoms with Crippen LogP contribution < -0.4 is 4.87 Å². The Balaban J connectivity index is 1.70. The average molecular weight is 307 g/mol. The van der Waals surface area contributed by atoms with E-state index in [2.05, 4.69) is 4.98 Å². The Labute approximate surface area is 127 Å². The lowest BCUT2D eigenvalue weighted by Crippen LogP contribution is -2.47. The van der Waals surface area contributed by atoms with Gasteiger partial charge in [0.05, 0.1) is 5.03 Å². The molecule has 0 amide bonds. The Bertz CT molecular complexity index is 598. The molecular weight excluding hydrogens is 286 g/mol. The second-order valence-electron chi connectivity index (χ2n) is 7.33. The summed E-state index contributed by atoms with van der Waals surface area (Å²) in [6.07, 6.45) is 11.2. The third-order valence-electron chi connectivity index (χ3n) is 6.55. The van der Waals surface area contributed by atoms with Crippen LogP contribution in [-0.4, -0.2) is 10.2 Å². The van der Waals surface area contributed by atoms with Crippen molar-refractivity contribution in [2.75, 3.05) is 0 Å². The summed E-state index contributed by atoms with van der Waals surface area (Å²) in [5.41, 5.74) is 0.382. The summed E-state index contributed by atoms with van der Waals surface area (Å²) in [7, 11) is 0. The van der Waals surface area contributed by atoms with Crippen LogP contribution in [0.4, 0.5) is 0 Å². The zero-order valence-corrected chi connectivity index (χ0v) is 13.3. The lowest BCUT2D eigenvalue weighted by molar-refractivity contribution is 0.135. The molecular formula is C16H21NOS2. The molecule has 4 aliphatic rings. The summed E-state index contributed by atoms with van der Waals surface area (Å²) in [5.74, 6) is 2.77. The number of fused-ring (bicyclic) bond motifs is 8. The van der Waals surface area contributed by atoms with Crippen molar-refractivity contribution in [2.24, 2.45) is 17.8 Å². The molecule has 0 unspecified atom stereocenters. The van der Waals surface area contributed by atoms with Crippen LogP contribution in [0.5, 0.6) is 0 Å². The highest BCUT2D eigenvalue weighted by Gasteiger charge is 2.60. The average Bonchev–Trinajstić information content (AvgIpc) is 3.14. The van der Waals surface area contributed by atoms with Crippen molar-refractivity contribution in [3.63, 3.8) is 0 Å². The van der Waals surface area contributed by atoms with E-state index in [0.29, 0.717) is 5.41 Å². The number of thioether (sulfide) groups is 1. The molecule has 4 atom stereocenters. The van der Waals surface area contributed by atoms with Crippen molar-refractivity contribution < 1.29 is 0 Å². The molecule has 0 aromatic carbocycles. The lowest BCUT2D eigenvalue weighted by atomic mass is 9.60. The Morgan fingerprint density at radius 2 is 1.90 bits per heavy atom. The molecule has 20 heavy (non-hydrogen) atoms. The van der Waals surface area contributed by atoms with Gasteiger partial charge in [0.15, 0.2) is 0 Å². The molecule has 1 spiro atoms. The Hall–Kier alpha value is -0.220. The maximum Gasteiger partial charge on any atom is 0.305 e. The number of thiazole rings is 1. The van der Waals surface area contributed by atoms with Gasteiger partial charge in [0.25, 0.3) is 0 Å². The minimum absolute atomic E-state index is 0.180. The quantitative estimate of drug-likeness (QED) is 0.780. The van der Waals surface area contributed by atoms with Crippen molar-refractivity contribution in [1.29, 1.82) is 0 Å². The van der Waals surface area contributed by atoms with Crippen molar-refractivity contribution in [3.05, 3.63) is 14.5 Å². The van der Waals surface area contributed by atoms with Gasteiger partial charge in [-0.1, -0.05) is 30.6 Å².